The van der Waals surface area contributed by atoms with Crippen molar-refractivity contribution in [2.75, 3.05) is 13.1 Å². The molecule has 2 aromatic rings. The van der Waals surface area contributed by atoms with Crippen LogP contribution in [0, 0.1) is 5.92 Å². The number of amides is 1. The molecular weight excluding hydrogens is 412 g/mol. The summed E-state index contributed by atoms with van der Waals surface area (Å²) in [5, 5.41) is 12.1. The Hall–Kier alpha value is -1.93. The highest BCUT2D eigenvalue weighted by molar-refractivity contribution is 7.89. The van der Waals surface area contributed by atoms with Gasteiger partial charge in [-0.2, -0.15) is 4.31 Å². The summed E-state index contributed by atoms with van der Waals surface area (Å²) in [7, 11) is -3.76. The lowest BCUT2D eigenvalue weighted by Gasteiger charge is -2.30. The molecule has 0 unspecified atom stereocenters. The summed E-state index contributed by atoms with van der Waals surface area (Å²) in [5.74, 6) is -0.0991. The molecule has 1 aliphatic rings. The molecule has 0 spiro atoms. The molecule has 1 saturated heterocycles. The lowest BCUT2D eigenvalue weighted by molar-refractivity contribution is 0.0950. The van der Waals surface area contributed by atoms with E-state index < -0.39 is 10.0 Å². The van der Waals surface area contributed by atoms with Gasteiger partial charge in [0.2, 0.25) is 10.0 Å². The van der Waals surface area contributed by atoms with Crippen LogP contribution in [-0.4, -0.2) is 36.8 Å². The fourth-order valence-corrected chi connectivity index (χ4v) is 5.57. The van der Waals surface area contributed by atoms with Gasteiger partial charge in [-0.05, 0) is 48.1 Å². The van der Waals surface area contributed by atoms with Crippen molar-refractivity contribution in [3.8, 4) is 0 Å². The summed E-state index contributed by atoms with van der Waals surface area (Å²) in [6, 6.07) is 11.5. The van der Waals surface area contributed by atoms with Gasteiger partial charge < -0.3 is 10.4 Å². The molecule has 2 aromatic carbocycles. The van der Waals surface area contributed by atoms with Gasteiger partial charge in [0.1, 0.15) is 4.90 Å². The lowest BCUT2D eigenvalue weighted by atomic mass is 10.0. The molecule has 1 amide bonds. The standard InChI is InChI=1S/C21H25ClN2O4S/c1-15-4-3-9-24(13-15)29(27,28)20-11-18(7-8-19(20)22)21(26)23-12-16-5-2-6-17(10-16)14-25/h2,5-8,10-11,15,25H,3-4,9,12-14H2,1H3,(H,23,26)/t15-/m0/s1. The van der Waals surface area contributed by atoms with E-state index in [1.807, 2.05) is 13.0 Å². The molecule has 6 nitrogen and oxygen atoms in total. The zero-order chi connectivity index (χ0) is 21.0. The highest BCUT2D eigenvalue weighted by Crippen LogP contribution is 2.29. The van der Waals surface area contributed by atoms with E-state index in [2.05, 4.69) is 5.32 Å². The monoisotopic (exact) mass is 436 g/mol. The predicted octanol–water partition coefficient (Wildman–Crippen LogP) is 3.18. The molecule has 8 heteroatoms. The fourth-order valence-electron chi connectivity index (χ4n) is 3.47. The Balaban J connectivity index is 1.78. The van der Waals surface area contributed by atoms with Crippen LogP contribution in [0.5, 0.6) is 0 Å². The number of aliphatic hydroxyl groups is 1. The van der Waals surface area contributed by atoms with E-state index in [-0.39, 0.29) is 34.5 Å². The van der Waals surface area contributed by atoms with Crippen molar-refractivity contribution in [1.82, 2.24) is 9.62 Å². The van der Waals surface area contributed by atoms with E-state index in [4.69, 9.17) is 11.6 Å². The third-order valence-electron chi connectivity index (χ3n) is 5.06. The SMILES string of the molecule is C[C@H]1CCCN(S(=O)(=O)c2cc(C(=O)NCc3cccc(CO)c3)ccc2Cl)C1. The summed E-state index contributed by atoms with van der Waals surface area (Å²) < 4.78 is 27.6. The Kier molecular flexibility index (Phi) is 6.95. The Labute approximate surface area is 176 Å². The average molecular weight is 437 g/mol. The molecule has 0 aliphatic carbocycles. The number of carbonyl (C=O) groups is 1. The van der Waals surface area contributed by atoms with E-state index in [1.54, 1.807) is 18.2 Å². The van der Waals surface area contributed by atoms with Gasteiger partial charge in [-0.25, -0.2) is 8.42 Å². The Bertz CT molecular complexity index is 994. The summed E-state index contributed by atoms with van der Waals surface area (Å²) in [6.45, 7) is 3.13. The van der Waals surface area contributed by atoms with Crippen LogP contribution in [0.15, 0.2) is 47.4 Å². The minimum absolute atomic E-state index is 0.0387. The lowest BCUT2D eigenvalue weighted by Crippen LogP contribution is -2.39. The van der Waals surface area contributed by atoms with Crippen LogP contribution in [-0.2, 0) is 23.2 Å². The van der Waals surface area contributed by atoms with Crippen LogP contribution >= 0.6 is 11.6 Å². The molecule has 29 heavy (non-hydrogen) atoms. The van der Waals surface area contributed by atoms with Gasteiger partial charge in [0.05, 0.1) is 11.6 Å². The van der Waals surface area contributed by atoms with Crippen LogP contribution in [0.2, 0.25) is 5.02 Å². The van der Waals surface area contributed by atoms with Crippen molar-refractivity contribution in [2.24, 2.45) is 5.92 Å². The number of hydrogen-bond acceptors (Lipinski definition) is 4. The van der Waals surface area contributed by atoms with Crippen molar-refractivity contribution in [2.45, 2.75) is 37.8 Å². The number of carbonyl (C=O) groups excluding carboxylic acids is 1. The average Bonchev–Trinajstić information content (AvgIpc) is 2.72. The molecule has 3 rings (SSSR count). The number of aliphatic hydroxyl groups excluding tert-OH is 1. The van der Waals surface area contributed by atoms with Crippen LogP contribution in [0.3, 0.4) is 0 Å². The number of piperidine rings is 1. The maximum absolute atomic E-state index is 13.1. The number of hydrogen-bond donors (Lipinski definition) is 2. The molecule has 1 atom stereocenters. The van der Waals surface area contributed by atoms with Gasteiger partial charge in [0, 0.05) is 25.2 Å². The highest BCUT2D eigenvalue weighted by atomic mass is 35.5. The normalized spacial score (nSPS) is 17.8. The second-order valence-electron chi connectivity index (χ2n) is 7.42. The number of benzene rings is 2. The number of rotatable bonds is 6. The smallest absolute Gasteiger partial charge is 0.251 e. The number of sulfonamides is 1. The fraction of sp³-hybridized carbons (Fsp3) is 0.381. The number of halogens is 1. The van der Waals surface area contributed by atoms with Crippen LogP contribution < -0.4 is 5.32 Å². The van der Waals surface area contributed by atoms with E-state index in [0.717, 1.165) is 24.0 Å². The summed E-state index contributed by atoms with van der Waals surface area (Å²) in [4.78, 5) is 12.5. The van der Waals surface area contributed by atoms with E-state index in [1.165, 1.54) is 22.5 Å². The number of nitrogens with zero attached hydrogens (tertiary/aromatic N) is 1. The zero-order valence-electron chi connectivity index (χ0n) is 16.3. The predicted molar refractivity (Wildman–Crippen MR) is 112 cm³/mol. The van der Waals surface area contributed by atoms with Crippen molar-refractivity contribution in [1.29, 1.82) is 0 Å². The molecule has 1 heterocycles. The summed E-state index contributed by atoms with van der Waals surface area (Å²) >= 11 is 6.19. The van der Waals surface area contributed by atoms with E-state index in [9.17, 15) is 18.3 Å². The van der Waals surface area contributed by atoms with Crippen molar-refractivity contribution in [3.63, 3.8) is 0 Å². The van der Waals surface area contributed by atoms with Gasteiger partial charge in [0.15, 0.2) is 0 Å². The number of nitrogens with one attached hydrogen (secondary N) is 1. The quantitative estimate of drug-likeness (QED) is 0.728. The minimum atomic E-state index is -3.76. The van der Waals surface area contributed by atoms with Gasteiger partial charge in [-0.15, -0.1) is 0 Å². The third-order valence-corrected chi connectivity index (χ3v) is 7.40. The molecule has 0 aromatic heterocycles. The third kappa shape index (κ3) is 5.17. The largest absolute Gasteiger partial charge is 0.392 e. The first-order chi connectivity index (χ1) is 13.8. The second-order valence-corrected chi connectivity index (χ2v) is 9.73. The first-order valence-electron chi connectivity index (χ1n) is 9.58. The zero-order valence-corrected chi connectivity index (χ0v) is 17.8. The highest BCUT2D eigenvalue weighted by Gasteiger charge is 2.30. The topological polar surface area (TPSA) is 86.7 Å². The first-order valence-corrected chi connectivity index (χ1v) is 11.4. The Morgan fingerprint density at radius 2 is 2.00 bits per heavy atom. The van der Waals surface area contributed by atoms with Crippen LogP contribution in [0.1, 0.15) is 41.3 Å². The molecule has 0 saturated carbocycles. The van der Waals surface area contributed by atoms with Gasteiger partial charge in [-0.3, -0.25) is 4.79 Å². The molecule has 0 bridgehead atoms. The molecule has 0 radical (unpaired) electrons. The molecule has 1 aliphatic heterocycles. The molecule has 1 fully saturated rings. The van der Waals surface area contributed by atoms with Gasteiger partial charge in [-0.1, -0.05) is 42.8 Å². The molecule has 2 N–H and O–H groups in total. The summed E-state index contributed by atoms with van der Waals surface area (Å²) in [5.41, 5.74) is 1.83. The Morgan fingerprint density at radius 3 is 2.72 bits per heavy atom. The first kappa shape index (κ1) is 21.8. The van der Waals surface area contributed by atoms with Crippen molar-refractivity contribution in [3.05, 3.63) is 64.2 Å². The van der Waals surface area contributed by atoms with Crippen molar-refractivity contribution >= 4 is 27.5 Å². The minimum Gasteiger partial charge on any atom is -0.392 e. The molecular formula is C21H25ClN2O4S. The van der Waals surface area contributed by atoms with Gasteiger partial charge >= 0.3 is 0 Å². The Morgan fingerprint density at radius 1 is 1.24 bits per heavy atom. The van der Waals surface area contributed by atoms with Crippen LogP contribution in [0.25, 0.3) is 0 Å². The van der Waals surface area contributed by atoms with E-state index >= 15 is 0 Å². The summed E-state index contributed by atoms with van der Waals surface area (Å²) in [6.07, 6.45) is 1.81. The van der Waals surface area contributed by atoms with E-state index in [0.29, 0.717) is 19.0 Å². The van der Waals surface area contributed by atoms with Crippen molar-refractivity contribution < 1.29 is 18.3 Å². The van der Waals surface area contributed by atoms with Gasteiger partial charge in [0.25, 0.3) is 5.91 Å². The van der Waals surface area contributed by atoms with Crippen LogP contribution in [0.4, 0.5) is 0 Å². The maximum atomic E-state index is 13.1. The maximum Gasteiger partial charge on any atom is 0.251 e. The second kappa shape index (κ2) is 9.26. The molecule has 156 valence electrons.